The largest absolute Gasteiger partial charge is 0.494 e. The third-order valence-corrected chi connectivity index (χ3v) is 3.32. The highest BCUT2D eigenvalue weighted by Crippen LogP contribution is 2.20. The van der Waals surface area contributed by atoms with Crippen molar-refractivity contribution in [2.24, 2.45) is 7.05 Å². The zero-order valence-corrected chi connectivity index (χ0v) is 13.1. The van der Waals surface area contributed by atoms with E-state index in [1.165, 1.54) is 5.56 Å². The van der Waals surface area contributed by atoms with E-state index in [9.17, 15) is 0 Å². The molecule has 0 saturated heterocycles. The number of nitrogens with zero attached hydrogens (tertiary/aromatic N) is 2. The van der Waals surface area contributed by atoms with Gasteiger partial charge in [-0.05, 0) is 31.5 Å². The minimum Gasteiger partial charge on any atom is -0.494 e. The third kappa shape index (κ3) is 3.76. The predicted octanol–water partition coefficient (Wildman–Crippen LogP) is 2.43. The first-order valence-corrected chi connectivity index (χ1v) is 7.14. The minimum absolute atomic E-state index is 0.683. The first kappa shape index (κ1) is 15.4. The van der Waals surface area contributed by atoms with Crippen molar-refractivity contribution in [1.82, 2.24) is 15.1 Å². The average Bonchev–Trinajstić information content (AvgIpc) is 2.73. The zero-order valence-electron chi connectivity index (χ0n) is 13.1. The number of hydrogen-bond donors (Lipinski definition) is 1. The van der Waals surface area contributed by atoms with Crippen LogP contribution >= 0.6 is 0 Å². The summed E-state index contributed by atoms with van der Waals surface area (Å²) < 4.78 is 12.7. The van der Waals surface area contributed by atoms with Crippen LogP contribution in [-0.2, 0) is 20.1 Å². The van der Waals surface area contributed by atoms with Gasteiger partial charge in [0.25, 0.3) is 0 Å². The second kappa shape index (κ2) is 7.13. The summed E-state index contributed by atoms with van der Waals surface area (Å²) in [6, 6.07) is 8.13. The molecule has 0 amide bonds. The van der Waals surface area contributed by atoms with Gasteiger partial charge in [-0.2, -0.15) is 5.10 Å². The molecule has 1 N–H and O–H groups in total. The number of rotatable bonds is 7. The van der Waals surface area contributed by atoms with Crippen molar-refractivity contribution in [2.45, 2.75) is 26.9 Å². The Morgan fingerprint density at radius 1 is 1.29 bits per heavy atom. The van der Waals surface area contributed by atoms with Crippen LogP contribution in [0.3, 0.4) is 0 Å². The van der Waals surface area contributed by atoms with Crippen molar-refractivity contribution in [1.29, 1.82) is 0 Å². The van der Waals surface area contributed by atoms with Gasteiger partial charge in [-0.1, -0.05) is 12.1 Å². The van der Waals surface area contributed by atoms with Crippen molar-refractivity contribution in [3.8, 4) is 11.6 Å². The van der Waals surface area contributed by atoms with Crippen LogP contribution in [-0.4, -0.2) is 23.5 Å². The van der Waals surface area contributed by atoms with Crippen LogP contribution in [0, 0.1) is 6.92 Å². The Kier molecular flexibility index (Phi) is 5.22. The molecule has 0 atom stereocenters. The molecule has 2 rings (SSSR count). The van der Waals surface area contributed by atoms with E-state index in [0.717, 1.165) is 36.0 Å². The predicted molar refractivity (Wildman–Crippen MR) is 82.7 cm³/mol. The Morgan fingerprint density at radius 3 is 2.81 bits per heavy atom. The first-order valence-electron chi connectivity index (χ1n) is 7.14. The van der Waals surface area contributed by atoms with Gasteiger partial charge in [-0.15, -0.1) is 0 Å². The molecule has 5 heteroatoms. The lowest BCUT2D eigenvalue weighted by Gasteiger charge is -2.09. The maximum atomic E-state index is 5.51. The van der Waals surface area contributed by atoms with E-state index in [2.05, 4.69) is 22.5 Å². The fourth-order valence-corrected chi connectivity index (χ4v) is 2.38. The highest BCUT2D eigenvalue weighted by Gasteiger charge is 2.12. The Hall–Kier alpha value is -2.01. The lowest BCUT2D eigenvalue weighted by molar-refractivity contribution is 0.340. The normalized spacial score (nSPS) is 10.7. The second-order valence-electron chi connectivity index (χ2n) is 4.88. The van der Waals surface area contributed by atoms with Gasteiger partial charge in [-0.25, -0.2) is 4.68 Å². The maximum Gasteiger partial charge on any atom is 0.216 e. The molecule has 2 aromatic rings. The molecule has 1 heterocycles. The van der Waals surface area contributed by atoms with Crippen LogP contribution in [0.5, 0.6) is 11.6 Å². The summed E-state index contributed by atoms with van der Waals surface area (Å²) in [5, 5.41) is 7.80. The summed E-state index contributed by atoms with van der Waals surface area (Å²) in [6.45, 7) is 6.17. The standard InChI is InChI=1S/C16H23N3O2/c1-5-21-14-8-6-7-13(9-14)10-17-11-15-12(2)18-19(3)16(15)20-4/h6-9,17H,5,10-11H2,1-4H3. The Balaban J connectivity index is 1.97. The minimum atomic E-state index is 0.683. The molecule has 0 bridgehead atoms. The number of aromatic nitrogens is 2. The number of ether oxygens (including phenoxy) is 2. The SMILES string of the molecule is CCOc1cccc(CNCc2c(C)nn(C)c2OC)c1. The molecule has 114 valence electrons. The van der Waals surface area contributed by atoms with Crippen LogP contribution < -0.4 is 14.8 Å². The topological polar surface area (TPSA) is 48.3 Å². The van der Waals surface area contributed by atoms with Crippen molar-refractivity contribution >= 4 is 0 Å². The van der Waals surface area contributed by atoms with Gasteiger partial charge < -0.3 is 14.8 Å². The molecule has 1 aromatic carbocycles. The molecule has 0 radical (unpaired) electrons. The van der Waals surface area contributed by atoms with Gasteiger partial charge in [0, 0.05) is 20.1 Å². The summed E-state index contributed by atoms with van der Waals surface area (Å²) in [6.07, 6.45) is 0. The molecule has 0 unspecified atom stereocenters. The van der Waals surface area contributed by atoms with E-state index in [-0.39, 0.29) is 0 Å². The van der Waals surface area contributed by atoms with E-state index < -0.39 is 0 Å². The van der Waals surface area contributed by atoms with Crippen LogP contribution in [0.25, 0.3) is 0 Å². The number of methoxy groups -OCH3 is 1. The highest BCUT2D eigenvalue weighted by molar-refractivity contribution is 5.31. The molecular formula is C16H23N3O2. The summed E-state index contributed by atoms with van der Waals surface area (Å²) in [5.41, 5.74) is 3.28. The highest BCUT2D eigenvalue weighted by atomic mass is 16.5. The van der Waals surface area contributed by atoms with Gasteiger partial charge in [0.2, 0.25) is 5.88 Å². The van der Waals surface area contributed by atoms with E-state index in [1.54, 1.807) is 11.8 Å². The lowest BCUT2D eigenvalue weighted by Crippen LogP contribution is -2.14. The summed E-state index contributed by atoms with van der Waals surface area (Å²) in [4.78, 5) is 0. The van der Waals surface area contributed by atoms with E-state index in [1.807, 2.05) is 33.0 Å². The van der Waals surface area contributed by atoms with Crippen LogP contribution in [0.15, 0.2) is 24.3 Å². The molecule has 1 aromatic heterocycles. The van der Waals surface area contributed by atoms with Gasteiger partial charge in [0.05, 0.1) is 25.0 Å². The molecule has 0 aliphatic carbocycles. The molecule has 0 fully saturated rings. The number of aryl methyl sites for hydroxylation is 2. The fraction of sp³-hybridized carbons (Fsp3) is 0.438. The third-order valence-electron chi connectivity index (χ3n) is 3.32. The monoisotopic (exact) mass is 289 g/mol. The maximum absolute atomic E-state index is 5.51. The molecule has 0 aliphatic heterocycles. The zero-order chi connectivity index (χ0) is 15.2. The quantitative estimate of drug-likeness (QED) is 0.850. The lowest BCUT2D eigenvalue weighted by atomic mass is 10.2. The van der Waals surface area contributed by atoms with E-state index in [4.69, 9.17) is 9.47 Å². The number of benzene rings is 1. The molecule has 5 nitrogen and oxygen atoms in total. The Labute approximate surface area is 125 Å². The van der Waals surface area contributed by atoms with E-state index >= 15 is 0 Å². The van der Waals surface area contributed by atoms with Crippen LogP contribution in [0.4, 0.5) is 0 Å². The van der Waals surface area contributed by atoms with Gasteiger partial charge in [-0.3, -0.25) is 0 Å². The molecule has 0 aliphatic rings. The van der Waals surface area contributed by atoms with Crippen molar-refractivity contribution in [2.75, 3.05) is 13.7 Å². The Morgan fingerprint density at radius 2 is 2.10 bits per heavy atom. The summed E-state index contributed by atoms with van der Waals surface area (Å²) in [5.74, 6) is 1.72. The van der Waals surface area contributed by atoms with Gasteiger partial charge >= 0.3 is 0 Å². The van der Waals surface area contributed by atoms with Crippen molar-refractivity contribution in [3.63, 3.8) is 0 Å². The van der Waals surface area contributed by atoms with E-state index in [0.29, 0.717) is 6.61 Å². The smallest absolute Gasteiger partial charge is 0.216 e. The van der Waals surface area contributed by atoms with Crippen molar-refractivity contribution < 1.29 is 9.47 Å². The number of nitrogens with one attached hydrogen (secondary N) is 1. The molecule has 21 heavy (non-hydrogen) atoms. The van der Waals surface area contributed by atoms with Crippen molar-refractivity contribution in [3.05, 3.63) is 41.1 Å². The van der Waals surface area contributed by atoms with Crippen LogP contribution in [0.2, 0.25) is 0 Å². The Bertz CT molecular complexity index is 593. The van der Waals surface area contributed by atoms with Crippen LogP contribution in [0.1, 0.15) is 23.7 Å². The number of hydrogen-bond acceptors (Lipinski definition) is 4. The fourth-order valence-electron chi connectivity index (χ4n) is 2.38. The van der Waals surface area contributed by atoms with Gasteiger partial charge in [0.1, 0.15) is 5.75 Å². The molecular weight excluding hydrogens is 266 g/mol. The summed E-state index contributed by atoms with van der Waals surface area (Å²) >= 11 is 0. The summed E-state index contributed by atoms with van der Waals surface area (Å²) in [7, 11) is 3.56. The first-order chi connectivity index (χ1) is 10.2. The molecule has 0 spiro atoms. The average molecular weight is 289 g/mol. The van der Waals surface area contributed by atoms with Gasteiger partial charge in [0.15, 0.2) is 0 Å². The second-order valence-corrected chi connectivity index (χ2v) is 4.88. The molecule has 0 saturated carbocycles.